The van der Waals surface area contributed by atoms with E-state index in [-0.39, 0.29) is 30.7 Å². The van der Waals surface area contributed by atoms with Crippen molar-refractivity contribution in [3.05, 3.63) is 90.0 Å². The summed E-state index contributed by atoms with van der Waals surface area (Å²) in [5, 5.41) is 5.68. The van der Waals surface area contributed by atoms with Gasteiger partial charge in [0.1, 0.15) is 0 Å². The van der Waals surface area contributed by atoms with Crippen LogP contribution >= 0.6 is 11.8 Å². The highest BCUT2D eigenvalue weighted by Gasteiger charge is 2.16. The number of likely N-dealkylation sites (N-methyl/N-ethyl adjacent to an activating group) is 1. The van der Waals surface area contributed by atoms with Gasteiger partial charge in [0, 0.05) is 16.0 Å². The molecule has 7 heteroatoms. The predicted molar refractivity (Wildman–Crippen MR) is 129 cm³/mol. The summed E-state index contributed by atoms with van der Waals surface area (Å²) < 4.78 is 0. The molecule has 0 aliphatic carbocycles. The zero-order valence-corrected chi connectivity index (χ0v) is 18.8. The second-order valence-corrected chi connectivity index (χ2v) is 8.06. The molecule has 2 amide bonds. The second kappa shape index (κ2) is 11.3. The molecule has 2 N–H and O–H groups in total. The number of carbonyl (C=O) groups excluding carboxylic acids is 3. The number of benzene rings is 3. The Labute approximate surface area is 192 Å². The summed E-state index contributed by atoms with van der Waals surface area (Å²) in [5.41, 5.74) is 2.16. The Bertz CT molecular complexity index is 1100. The van der Waals surface area contributed by atoms with Gasteiger partial charge in [-0.15, -0.1) is 11.8 Å². The number of nitrogens with zero attached hydrogens (tertiary/aromatic N) is 1. The lowest BCUT2D eigenvalue weighted by Gasteiger charge is -2.17. The van der Waals surface area contributed by atoms with Crippen LogP contribution in [0.15, 0.2) is 83.8 Å². The largest absolute Gasteiger partial charge is 0.324 e. The van der Waals surface area contributed by atoms with Crippen molar-refractivity contribution in [2.75, 3.05) is 37.0 Å². The van der Waals surface area contributed by atoms with Crippen LogP contribution in [0.3, 0.4) is 0 Å². The minimum absolute atomic E-state index is 0.00541. The van der Waals surface area contributed by atoms with Gasteiger partial charge in [0.15, 0.2) is 5.78 Å². The first-order chi connectivity index (χ1) is 15.5. The molecule has 0 fully saturated rings. The summed E-state index contributed by atoms with van der Waals surface area (Å²) in [6.45, 7) is 0.0617. The number of anilines is 2. The van der Waals surface area contributed by atoms with Crippen LogP contribution in [0.2, 0.25) is 0 Å². The van der Waals surface area contributed by atoms with Gasteiger partial charge in [-0.3, -0.25) is 19.3 Å². The molecule has 0 saturated heterocycles. The molecule has 0 saturated carbocycles. The molecule has 6 nitrogen and oxygen atoms in total. The van der Waals surface area contributed by atoms with Crippen LogP contribution in [0.25, 0.3) is 0 Å². The average Bonchev–Trinajstić information content (AvgIpc) is 2.79. The third kappa shape index (κ3) is 6.29. The quantitative estimate of drug-likeness (QED) is 0.381. The SMILES string of the molecule is CSc1ccccc1NC(=O)CN(C)CC(=O)Nc1ccccc1C(=O)c1ccccc1. The second-order valence-electron chi connectivity index (χ2n) is 7.21. The summed E-state index contributed by atoms with van der Waals surface area (Å²) in [6.07, 6.45) is 1.95. The number of rotatable bonds is 9. The van der Waals surface area contributed by atoms with Crippen LogP contribution in [-0.4, -0.2) is 48.9 Å². The van der Waals surface area contributed by atoms with Crippen LogP contribution in [-0.2, 0) is 9.59 Å². The van der Waals surface area contributed by atoms with Crippen molar-refractivity contribution in [3.8, 4) is 0 Å². The van der Waals surface area contributed by atoms with E-state index in [1.54, 1.807) is 72.2 Å². The number of para-hydroxylation sites is 2. The minimum atomic E-state index is -0.307. The van der Waals surface area contributed by atoms with Gasteiger partial charge in [-0.25, -0.2) is 0 Å². The summed E-state index contributed by atoms with van der Waals surface area (Å²) in [5.74, 6) is -0.679. The fourth-order valence-electron chi connectivity index (χ4n) is 3.21. The highest BCUT2D eigenvalue weighted by molar-refractivity contribution is 7.98. The molecule has 32 heavy (non-hydrogen) atoms. The lowest BCUT2D eigenvalue weighted by Crippen LogP contribution is -2.36. The standard InChI is InChI=1S/C25H25N3O3S/c1-28(17-24(30)27-21-14-8-9-15-22(21)32-2)16-23(29)26-20-13-7-6-12-19(20)25(31)18-10-4-3-5-11-18/h3-15H,16-17H2,1-2H3,(H,26,29)(H,27,30). The number of hydrogen-bond acceptors (Lipinski definition) is 5. The Kier molecular flexibility index (Phi) is 8.19. The van der Waals surface area contributed by atoms with Gasteiger partial charge >= 0.3 is 0 Å². The van der Waals surface area contributed by atoms with Crippen LogP contribution in [0.4, 0.5) is 11.4 Å². The molecule has 3 rings (SSSR count). The monoisotopic (exact) mass is 447 g/mol. The molecule has 3 aromatic rings. The zero-order valence-electron chi connectivity index (χ0n) is 18.0. The van der Waals surface area contributed by atoms with Gasteiger partial charge in [-0.05, 0) is 37.6 Å². The van der Waals surface area contributed by atoms with Crippen molar-refractivity contribution in [3.63, 3.8) is 0 Å². The van der Waals surface area contributed by atoms with Crippen LogP contribution < -0.4 is 10.6 Å². The molecule has 0 atom stereocenters. The predicted octanol–water partition coefficient (Wildman–Crippen LogP) is 4.15. The van der Waals surface area contributed by atoms with E-state index in [9.17, 15) is 14.4 Å². The third-order valence-corrected chi connectivity index (χ3v) is 5.49. The summed E-state index contributed by atoms with van der Waals surface area (Å²) in [7, 11) is 1.70. The molecule has 0 bridgehead atoms. The average molecular weight is 448 g/mol. The molecule has 0 heterocycles. The number of thioether (sulfide) groups is 1. The fourth-order valence-corrected chi connectivity index (χ4v) is 3.76. The van der Waals surface area contributed by atoms with Crippen molar-refractivity contribution in [2.24, 2.45) is 0 Å². The van der Waals surface area contributed by atoms with E-state index in [2.05, 4.69) is 10.6 Å². The summed E-state index contributed by atoms with van der Waals surface area (Å²) in [6, 6.07) is 23.4. The maximum atomic E-state index is 12.8. The Morgan fingerprint density at radius 3 is 1.94 bits per heavy atom. The molecular formula is C25H25N3O3S. The number of hydrogen-bond donors (Lipinski definition) is 2. The van der Waals surface area contributed by atoms with Crippen molar-refractivity contribution >= 4 is 40.7 Å². The van der Waals surface area contributed by atoms with E-state index >= 15 is 0 Å². The van der Waals surface area contributed by atoms with Crippen molar-refractivity contribution < 1.29 is 14.4 Å². The smallest absolute Gasteiger partial charge is 0.238 e. The number of ketones is 1. The van der Waals surface area contributed by atoms with Crippen molar-refractivity contribution in [1.29, 1.82) is 0 Å². The number of amides is 2. The van der Waals surface area contributed by atoms with Crippen LogP contribution in [0.1, 0.15) is 15.9 Å². The van der Waals surface area contributed by atoms with Gasteiger partial charge in [-0.2, -0.15) is 0 Å². The van der Waals surface area contributed by atoms with E-state index in [0.717, 1.165) is 10.6 Å². The summed E-state index contributed by atoms with van der Waals surface area (Å²) >= 11 is 1.55. The highest BCUT2D eigenvalue weighted by atomic mass is 32.2. The topological polar surface area (TPSA) is 78.5 Å². The normalized spacial score (nSPS) is 10.6. The Morgan fingerprint density at radius 2 is 1.28 bits per heavy atom. The molecular weight excluding hydrogens is 422 g/mol. The molecule has 0 aliphatic rings. The molecule has 0 aromatic heterocycles. The fraction of sp³-hybridized carbons (Fsp3) is 0.160. The number of carbonyl (C=O) groups is 3. The molecule has 0 aliphatic heterocycles. The highest BCUT2D eigenvalue weighted by Crippen LogP contribution is 2.24. The molecule has 164 valence electrons. The Morgan fingerprint density at radius 1 is 0.750 bits per heavy atom. The molecule has 0 unspecified atom stereocenters. The maximum Gasteiger partial charge on any atom is 0.238 e. The van der Waals surface area contributed by atoms with E-state index < -0.39 is 0 Å². The lowest BCUT2D eigenvalue weighted by molar-refractivity contribution is -0.119. The minimum Gasteiger partial charge on any atom is -0.324 e. The van der Waals surface area contributed by atoms with E-state index in [4.69, 9.17) is 0 Å². The van der Waals surface area contributed by atoms with Crippen LogP contribution in [0, 0.1) is 0 Å². The van der Waals surface area contributed by atoms with Gasteiger partial charge < -0.3 is 10.6 Å². The van der Waals surface area contributed by atoms with E-state index in [1.165, 1.54) is 0 Å². The zero-order chi connectivity index (χ0) is 22.9. The first kappa shape index (κ1) is 23.2. The molecule has 0 spiro atoms. The Hall–Kier alpha value is -3.42. The first-order valence-electron chi connectivity index (χ1n) is 10.1. The van der Waals surface area contributed by atoms with Crippen molar-refractivity contribution in [2.45, 2.75) is 4.90 Å². The van der Waals surface area contributed by atoms with Gasteiger partial charge in [0.2, 0.25) is 11.8 Å². The van der Waals surface area contributed by atoms with Crippen LogP contribution in [0.5, 0.6) is 0 Å². The van der Waals surface area contributed by atoms with Gasteiger partial charge in [-0.1, -0.05) is 54.6 Å². The first-order valence-corrected chi connectivity index (χ1v) is 11.3. The molecule has 0 radical (unpaired) electrons. The van der Waals surface area contributed by atoms with Gasteiger partial charge in [0.05, 0.1) is 24.5 Å². The van der Waals surface area contributed by atoms with E-state index in [0.29, 0.717) is 16.8 Å². The number of nitrogens with one attached hydrogen (secondary N) is 2. The van der Waals surface area contributed by atoms with Gasteiger partial charge in [0.25, 0.3) is 0 Å². The van der Waals surface area contributed by atoms with Crippen molar-refractivity contribution in [1.82, 2.24) is 4.90 Å². The molecule has 3 aromatic carbocycles. The maximum absolute atomic E-state index is 12.8. The van der Waals surface area contributed by atoms with E-state index in [1.807, 2.05) is 36.6 Å². The lowest BCUT2D eigenvalue weighted by atomic mass is 10.0. The third-order valence-electron chi connectivity index (χ3n) is 4.69. The summed E-state index contributed by atoms with van der Waals surface area (Å²) in [4.78, 5) is 40.4. The Balaban J connectivity index is 1.59.